The lowest BCUT2D eigenvalue weighted by atomic mass is 10.0. The molecular formula is C21H24N4. The van der Waals surface area contributed by atoms with E-state index >= 15 is 0 Å². The van der Waals surface area contributed by atoms with Crippen LogP contribution in [0, 0.1) is 0 Å². The molecule has 0 amide bonds. The lowest BCUT2D eigenvalue weighted by Gasteiger charge is -2.27. The third-order valence-corrected chi connectivity index (χ3v) is 4.92. The molecule has 0 aliphatic carbocycles. The predicted octanol–water partition coefficient (Wildman–Crippen LogP) is 3.70. The minimum Gasteiger partial charge on any atom is -0.378 e. The van der Waals surface area contributed by atoms with E-state index in [1.807, 2.05) is 0 Å². The van der Waals surface area contributed by atoms with Gasteiger partial charge in [-0.05, 0) is 17.7 Å². The Bertz CT molecular complexity index is 834. The van der Waals surface area contributed by atoms with Gasteiger partial charge in [0, 0.05) is 62.7 Å². The summed E-state index contributed by atoms with van der Waals surface area (Å²) in [7, 11) is 4.12. The number of aromatic nitrogens is 2. The number of aromatic amines is 1. The molecule has 0 saturated heterocycles. The molecule has 0 saturated carbocycles. The highest BCUT2D eigenvalue weighted by atomic mass is 15.2. The van der Waals surface area contributed by atoms with E-state index in [1.54, 1.807) is 0 Å². The van der Waals surface area contributed by atoms with Crippen molar-refractivity contribution in [3.63, 3.8) is 0 Å². The van der Waals surface area contributed by atoms with Crippen molar-refractivity contribution < 1.29 is 0 Å². The van der Waals surface area contributed by atoms with E-state index in [-0.39, 0.29) is 0 Å². The summed E-state index contributed by atoms with van der Waals surface area (Å²) in [5.41, 5.74) is 7.49. The molecular weight excluding hydrogens is 308 g/mol. The Labute approximate surface area is 149 Å². The Balaban J connectivity index is 1.56. The fourth-order valence-electron chi connectivity index (χ4n) is 3.48. The second-order valence-electron chi connectivity index (χ2n) is 6.92. The summed E-state index contributed by atoms with van der Waals surface area (Å²) in [5.74, 6) is 0. The summed E-state index contributed by atoms with van der Waals surface area (Å²) >= 11 is 0. The molecule has 4 nitrogen and oxygen atoms in total. The summed E-state index contributed by atoms with van der Waals surface area (Å²) in [6.45, 7) is 3.01. The first kappa shape index (κ1) is 15.9. The van der Waals surface area contributed by atoms with Crippen molar-refractivity contribution in [2.24, 2.45) is 0 Å². The second-order valence-corrected chi connectivity index (χ2v) is 6.92. The first-order chi connectivity index (χ1) is 12.2. The van der Waals surface area contributed by atoms with E-state index in [1.165, 1.54) is 28.1 Å². The van der Waals surface area contributed by atoms with Gasteiger partial charge in [-0.3, -0.25) is 10.00 Å². The molecule has 2 aromatic carbocycles. The molecule has 0 atom stereocenters. The standard InChI is InChI=1S/C21H24N4/c1-24(2)18-10-8-17(9-11-18)21-19-15-25(13-12-20(19)22-23-21)14-16-6-4-3-5-7-16/h3-11H,12-15H2,1-2H3,(H,22,23). The fraction of sp³-hybridized carbons (Fsp3) is 0.286. The summed E-state index contributed by atoms with van der Waals surface area (Å²) in [6.07, 6.45) is 1.03. The van der Waals surface area contributed by atoms with Gasteiger partial charge in [-0.15, -0.1) is 0 Å². The maximum absolute atomic E-state index is 4.62. The van der Waals surface area contributed by atoms with E-state index in [4.69, 9.17) is 0 Å². The lowest BCUT2D eigenvalue weighted by Crippen LogP contribution is -2.29. The Morgan fingerprint density at radius 2 is 1.80 bits per heavy atom. The van der Waals surface area contributed by atoms with Gasteiger partial charge >= 0.3 is 0 Å². The molecule has 4 rings (SSSR count). The van der Waals surface area contributed by atoms with Gasteiger partial charge in [0.1, 0.15) is 0 Å². The van der Waals surface area contributed by atoms with Crippen molar-refractivity contribution >= 4 is 5.69 Å². The summed E-state index contributed by atoms with van der Waals surface area (Å²) in [6, 6.07) is 19.3. The van der Waals surface area contributed by atoms with Crippen LogP contribution in [0.2, 0.25) is 0 Å². The predicted molar refractivity (Wildman–Crippen MR) is 103 cm³/mol. The van der Waals surface area contributed by atoms with Crippen LogP contribution in [0.25, 0.3) is 11.3 Å². The third kappa shape index (κ3) is 3.30. The molecule has 0 fully saturated rings. The van der Waals surface area contributed by atoms with Gasteiger partial charge < -0.3 is 4.90 Å². The van der Waals surface area contributed by atoms with E-state index in [0.29, 0.717) is 0 Å². The van der Waals surface area contributed by atoms with Crippen LogP contribution in [0.4, 0.5) is 5.69 Å². The zero-order chi connectivity index (χ0) is 17.2. The average molecular weight is 332 g/mol. The monoisotopic (exact) mass is 332 g/mol. The first-order valence-electron chi connectivity index (χ1n) is 8.81. The van der Waals surface area contributed by atoms with E-state index in [9.17, 15) is 0 Å². The van der Waals surface area contributed by atoms with Crippen LogP contribution in [0.3, 0.4) is 0 Å². The number of anilines is 1. The highest BCUT2D eigenvalue weighted by Crippen LogP contribution is 2.30. The Morgan fingerprint density at radius 3 is 2.52 bits per heavy atom. The molecule has 25 heavy (non-hydrogen) atoms. The maximum atomic E-state index is 4.62. The minimum absolute atomic E-state index is 0.950. The van der Waals surface area contributed by atoms with Crippen LogP contribution >= 0.6 is 0 Å². The van der Waals surface area contributed by atoms with Crippen LogP contribution in [0.15, 0.2) is 54.6 Å². The molecule has 128 valence electrons. The Morgan fingerprint density at radius 1 is 1.04 bits per heavy atom. The van der Waals surface area contributed by atoms with Gasteiger partial charge in [-0.25, -0.2) is 0 Å². The SMILES string of the molecule is CN(C)c1ccc(-c2n[nH]c3c2CN(Cc2ccccc2)CC3)cc1. The number of hydrogen-bond donors (Lipinski definition) is 1. The highest BCUT2D eigenvalue weighted by Gasteiger charge is 2.22. The van der Waals surface area contributed by atoms with Gasteiger partial charge in [0.15, 0.2) is 0 Å². The zero-order valence-corrected chi connectivity index (χ0v) is 14.9. The van der Waals surface area contributed by atoms with Crippen molar-refractivity contribution in [2.45, 2.75) is 19.5 Å². The molecule has 0 radical (unpaired) electrons. The Hall–Kier alpha value is -2.59. The maximum Gasteiger partial charge on any atom is 0.0968 e. The minimum atomic E-state index is 0.950. The quantitative estimate of drug-likeness (QED) is 0.791. The average Bonchev–Trinajstić information content (AvgIpc) is 3.06. The van der Waals surface area contributed by atoms with Crippen LogP contribution in [-0.2, 0) is 19.5 Å². The normalized spacial score (nSPS) is 14.3. The molecule has 4 heteroatoms. The molecule has 3 aromatic rings. The van der Waals surface area contributed by atoms with Crippen LogP contribution < -0.4 is 4.90 Å². The van der Waals surface area contributed by atoms with Gasteiger partial charge in [0.25, 0.3) is 0 Å². The summed E-state index contributed by atoms with van der Waals surface area (Å²) < 4.78 is 0. The van der Waals surface area contributed by atoms with E-state index in [0.717, 1.165) is 31.7 Å². The molecule has 0 bridgehead atoms. The summed E-state index contributed by atoms with van der Waals surface area (Å²) in [4.78, 5) is 4.62. The number of nitrogens with one attached hydrogen (secondary N) is 1. The fourth-order valence-corrected chi connectivity index (χ4v) is 3.48. The summed E-state index contributed by atoms with van der Waals surface area (Å²) in [5, 5.41) is 7.88. The van der Waals surface area contributed by atoms with Crippen molar-refractivity contribution in [1.29, 1.82) is 0 Å². The first-order valence-corrected chi connectivity index (χ1v) is 8.81. The topological polar surface area (TPSA) is 35.2 Å². The van der Waals surface area contributed by atoms with Crippen LogP contribution in [0.5, 0.6) is 0 Å². The number of nitrogens with zero attached hydrogens (tertiary/aromatic N) is 3. The van der Waals surface area contributed by atoms with Crippen molar-refractivity contribution in [2.75, 3.05) is 25.5 Å². The molecule has 1 N–H and O–H groups in total. The molecule has 0 unspecified atom stereocenters. The van der Waals surface area contributed by atoms with Crippen LogP contribution in [-0.4, -0.2) is 35.7 Å². The number of rotatable bonds is 4. The van der Waals surface area contributed by atoms with Gasteiger partial charge in [0.05, 0.1) is 5.69 Å². The second kappa shape index (κ2) is 6.73. The van der Waals surface area contributed by atoms with Gasteiger partial charge in [-0.1, -0.05) is 42.5 Å². The molecule has 1 aromatic heterocycles. The highest BCUT2D eigenvalue weighted by molar-refractivity contribution is 5.67. The molecule has 1 aliphatic heterocycles. The number of benzene rings is 2. The van der Waals surface area contributed by atoms with Crippen molar-refractivity contribution in [3.05, 3.63) is 71.4 Å². The smallest absolute Gasteiger partial charge is 0.0968 e. The third-order valence-electron chi connectivity index (χ3n) is 4.92. The van der Waals surface area contributed by atoms with E-state index in [2.05, 4.69) is 88.7 Å². The van der Waals surface area contributed by atoms with Crippen molar-refractivity contribution in [1.82, 2.24) is 15.1 Å². The zero-order valence-electron chi connectivity index (χ0n) is 14.9. The van der Waals surface area contributed by atoms with E-state index < -0.39 is 0 Å². The van der Waals surface area contributed by atoms with Gasteiger partial charge in [0.2, 0.25) is 0 Å². The number of fused-ring (bicyclic) bond motifs is 1. The number of hydrogen-bond acceptors (Lipinski definition) is 3. The molecule has 2 heterocycles. The van der Waals surface area contributed by atoms with Crippen LogP contribution in [0.1, 0.15) is 16.8 Å². The lowest BCUT2D eigenvalue weighted by molar-refractivity contribution is 0.245. The number of H-pyrrole nitrogens is 1. The largest absolute Gasteiger partial charge is 0.378 e. The molecule has 1 aliphatic rings. The van der Waals surface area contributed by atoms with Gasteiger partial charge in [-0.2, -0.15) is 5.10 Å². The van der Waals surface area contributed by atoms with Crippen molar-refractivity contribution in [3.8, 4) is 11.3 Å². The molecule has 0 spiro atoms. The Kier molecular flexibility index (Phi) is 4.28.